The van der Waals surface area contributed by atoms with Crippen LogP contribution in [0.2, 0.25) is 5.02 Å². The van der Waals surface area contributed by atoms with Crippen LogP contribution in [0.25, 0.3) is 22.0 Å². The molecule has 212 valence electrons. The second kappa shape index (κ2) is 12.5. The van der Waals surface area contributed by atoms with Gasteiger partial charge in [0.2, 0.25) is 0 Å². The topological polar surface area (TPSA) is 103 Å². The average molecular weight is 597 g/mol. The number of halogens is 4. The van der Waals surface area contributed by atoms with Gasteiger partial charge in [0.05, 0.1) is 47.6 Å². The molecule has 4 aromatic rings. The lowest BCUT2D eigenvalue weighted by molar-refractivity contribution is -0.137. The molecule has 1 aliphatic heterocycles. The summed E-state index contributed by atoms with van der Waals surface area (Å²) < 4.78 is 60.8. The molecule has 5 rings (SSSR count). The van der Waals surface area contributed by atoms with Crippen LogP contribution < -0.4 is 10.5 Å². The Kier molecular flexibility index (Phi) is 8.86. The van der Waals surface area contributed by atoms with Gasteiger partial charge in [-0.2, -0.15) is 13.2 Å². The van der Waals surface area contributed by atoms with Crippen molar-refractivity contribution in [3.05, 3.63) is 74.2 Å². The molecule has 40 heavy (non-hydrogen) atoms. The Morgan fingerprint density at radius 2 is 1.88 bits per heavy atom. The highest BCUT2D eigenvalue weighted by molar-refractivity contribution is 7.15. The number of nitrogens with zero attached hydrogens (tertiary/aromatic N) is 3. The summed E-state index contributed by atoms with van der Waals surface area (Å²) in [7, 11) is 0. The van der Waals surface area contributed by atoms with E-state index in [0.29, 0.717) is 52.4 Å². The molecular weight excluding hydrogens is 573 g/mol. The fourth-order valence-electron chi connectivity index (χ4n) is 3.99. The number of nitrogens with one attached hydrogen (secondary N) is 1. The van der Waals surface area contributed by atoms with Gasteiger partial charge >= 0.3 is 11.9 Å². The first-order valence-corrected chi connectivity index (χ1v) is 13.5. The first kappa shape index (κ1) is 28.3. The lowest BCUT2D eigenvalue weighted by atomic mass is 10.1. The van der Waals surface area contributed by atoms with Crippen molar-refractivity contribution in [3.63, 3.8) is 0 Å². The van der Waals surface area contributed by atoms with Crippen LogP contribution in [0.5, 0.6) is 5.75 Å². The summed E-state index contributed by atoms with van der Waals surface area (Å²) in [5.41, 5.74) is 0.951. The number of ether oxygens (including phenoxy) is 3. The smallest absolute Gasteiger partial charge is 0.439 e. The van der Waals surface area contributed by atoms with Crippen LogP contribution in [-0.2, 0) is 28.9 Å². The number of H-pyrrole nitrogens is 1. The lowest BCUT2D eigenvalue weighted by Gasteiger charge is -2.26. The van der Waals surface area contributed by atoms with Gasteiger partial charge in [-0.05, 0) is 30.3 Å². The summed E-state index contributed by atoms with van der Waals surface area (Å²) in [5, 5.41) is 4.49. The molecule has 1 saturated heterocycles. The van der Waals surface area contributed by atoms with E-state index in [4.69, 9.17) is 25.8 Å². The number of thiazole rings is 1. The first-order chi connectivity index (χ1) is 19.3. The fraction of sp³-hybridized carbons (Fsp3) is 0.346. The second-order valence-corrected chi connectivity index (χ2v) is 10.3. The van der Waals surface area contributed by atoms with Crippen molar-refractivity contribution < 1.29 is 31.9 Å². The van der Waals surface area contributed by atoms with E-state index in [9.17, 15) is 18.0 Å². The van der Waals surface area contributed by atoms with E-state index in [2.05, 4.69) is 24.5 Å². The standard InChI is InChI=1S/C26H24ClF3N4O5S/c27-20-13-18(5-6-19(20)23-32-25(35)39-33-23)38-15-22-21(14-37-12-9-34-7-10-36-11-8-34)31-24(40-22)16-1-3-17(4-2-16)26(28,29)30/h1-6,13H,7-12,14-15H2,(H,32,33,35). The highest BCUT2D eigenvalue weighted by atomic mass is 35.5. The molecule has 14 heteroatoms. The minimum absolute atomic E-state index is 0.136. The van der Waals surface area contributed by atoms with Crippen molar-refractivity contribution in [2.24, 2.45) is 0 Å². The number of benzene rings is 2. The molecule has 0 radical (unpaired) electrons. The number of hydrogen-bond donors (Lipinski definition) is 1. The molecule has 0 atom stereocenters. The highest BCUT2D eigenvalue weighted by Gasteiger charge is 2.30. The zero-order valence-electron chi connectivity index (χ0n) is 21.0. The second-order valence-electron chi connectivity index (χ2n) is 8.84. The molecule has 1 fully saturated rings. The highest BCUT2D eigenvalue weighted by Crippen LogP contribution is 2.34. The van der Waals surface area contributed by atoms with Crippen LogP contribution in [-0.4, -0.2) is 59.5 Å². The Hall–Kier alpha value is -3.23. The Morgan fingerprint density at radius 1 is 1.10 bits per heavy atom. The maximum Gasteiger partial charge on any atom is 0.439 e. The van der Waals surface area contributed by atoms with E-state index in [1.165, 1.54) is 23.5 Å². The number of aromatic amines is 1. The van der Waals surface area contributed by atoms with Crippen molar-refractivity contribution in [2.75, 3.05) is 39.5 Å². The van der Waals surface area contributed by atoms with Crippen LogP contribution in [0.4, 0.5) is 13.2 Å². The predicted octanol–water partition coefficient (Wildman–Crippen LogP) is 5.25. The number of alkyl halides is 3. The molecule has 0 amide bonds. The fourth-order valence-corrected chi connectivity index (χ4v) is 5.24. The molecule has 2 aromatic carbocycles. The van der Waals surface area contributed by atoms with Crippen molar-refractivity contribution in [3.8, 4) is 27.7 Å². The third-order valence-corrected chi connectivity index (χ3v) is 7.57. The maximum atomic E-state index is 13.0. The molecule has 0 aliphatic carbocycles. The summed E-state index contributed by atoms with van der Waals surface area (Å²) >= 11 is 7.68. The van der Waals surface area contributed by atoms with Crippen LogP contribution in [0.3, 0.4) is 0 Å². The predicted molar refractivity (Wildman–Crippen MR) is 141 cm³/mol. The summed E-state index contributed by atoms with van der Waals surface area (Å²) in [6.07, 6.45) is -4.42. The van der Waals surface area contributed by atoms with Gasteiger partial charge in [0.1, 0.15) is 17.4 Å². The number of morpholine rings is 1. The van der Waals surface area contributed by atoms with Gasteiger partial charge in [-0.3, -0.25) is 14.4 Å². The van der Waals surface area contributed by atoms with E-state index in [1.54, 1.807) is 18.2 Å². The maximum absolute atomic E-state index is 13.0. The Balaban J connectivity index is 1.30. The SMILES string of the molecule is O=c1[nH]c(-c2ccc(OCc3sc(-c4ccc(C(F)(F)F)cc4)nc3COCCN3CCOCC3)cc2Cl)no1. The summed E-state index contributed by atoms with van der Waals surface area (Å²) in [4.78, 5) is 21.4. The quantitative estimate of drug-likeness (QED) is 0.248. The summed E-state index contributed by atoms with van der Waals surface area (Å²) in [6, 6.07) is 9.78. The normalized spacial score (nSPS) is 14.5. The summed E-state index contributed by atoms with van der Waals surface area (Å²) in [6.45, 7) is 4.71. The van der Waals surface area contributed by atoms with Gasteiger partial charge < -0.3 is 14.2 Å². The van der Waals surface area contributed by atoms with E-state index in [1.807, 2.05) is 0 Å². The molecule has 0 unspecified atom stereocenters. The van der Waals surface area contributed by atoms with Crippen molar-refractivity contribution in [1.82, 2.24) is 20.0 Å². The lowest BCUT2D eigenvalue weighted by Crippen LogP contribution is -2.38. The molecule has 9 nitrogen and oxygen atoms in total. The largest absolute Gasteiger partial charge is 0.488 e. The Bertz CT molecular complexity index is 1480. The molecule has 1 aliphatic rings. The minimum Gasteiger partial charge on any atom is -0.488 e. The molecule has 0 saturated carbocycles. The average Bonchev–Trinajstić information content (AvgIpc) is 3.56. The molecular formula is C26H24ClF3N4O5S. The van der Waals surface area contributed by atoms with Crippen molar-refractivity contribution in [2.45, 2.75) is 19.4 Å². The molecule has 2 aromatic heterocycles. The van der Waals surface area contributed by atoms with E-state index in [-0.39, 0.29) is 19.0 Å². The van der Waals surface area contributed by atoms with Crippen LogP contribution in [0.15, 0.2) is 51.8 Å². The van der Waals surface area contributed by atoms with E-state index >= 15 is 0 Å². The third-order valence-electron chi connectivity index (χ3n) is 6.14. The molecule has 3 heterocycles. The summed E-state index contributed by atoms with van der Waals surface area (Å²) in [5.74, 6) is -0.0369. The zero-order valence-corrected chi connectivity index (χ0v) is 22.6. The van der Waals surface area contributed by atoms with Crippen LogP contribution in [0, 0.1) is 0 Å². The third kappa shape index (κ3) is 7.09. The van der Waals surface area contributed by atoms with Gasteiger partial charge in [-0.15, -0.1) is 11.3 Å². The molecule has 0 bridgehead atoms. The van der Waals surface area contributed by atoms with Crippen molar-refractivity contribution in [1.29, 1.82) is 0 Å². The van der Waals surface area contributed by atoms with Gasteiger partial charge in [0.25, 0.3) is 0 Å². The zero-order chi connectivity index (χ0) is 28.1. The minimum atomic E-state index is -4.42. The Labute approximate surface area is 235 Å². The Morgan fingerprint density at radius 3 is 2.55 bits per heavy atom. The van der Waals surface area contributed by atoms with Gasteiger partial charge in [-0.25, -0.2) is 9.78 Å². The number of rotatable bonds is 10. The molecule has 0 spiro atoms. The molecule has 1 N–H and O–H groups in total. The van der Waals surface area contributed by atoms with Gasteiger partial charge in [0.15, 0.2) is 5.82 Å². The monoisotopic (exact) mass is 596 g/mol. The number of aromatic nitrogens is 3. The van der Waals surface area contributed by atoms with Crippen LogP contribution >= 0.6 is 22.9 Å². The van der Waals surface area contributed by atoms with Crippen LogP contribution in [0.1, 0.15) is 16.1 Å². The van der Waals surface area contributed by atoms with E-state index < -0.39 is 17.5 Å². The van der Waals surface area contributed by atoms with Gasteiger partial charge in [0, 0.05) is 30.8 Å². The first-order valence-electron chi connectivity index (χ1n) is 12.3. The van der Waals surface area contributed by atoms with Crippen molar-refractivity contribution >= 4 is 22.9 Å². The van der Waals surface area contributed by atoms with Gasteiger partial charge in [-0.1, -0.05) is 28.9 Å². The van der Waals surface area contributed by atoms with E-state index in [0.717, 1.165) is 36.6 Å². The number of hydrogen-bond acceptors (Lipinski definition) is 9.